The Morgan fingerprint density at radius 1 is 1.16 bits per heavy atom. The van der Waals surface area contributed by atoms with Crippen LogP contribution in [0.1, 0.15) is 23.0 Å². The van der Waals surface area contributed by atoms with E-state index in [0.29, 0.717) is 12.1 Å². The Hall–Kier alpha value is -2.79. The maximum Gasteiger partial charge on any atom is 0.573 e. The van der Waals surface area contributed by atoms with Gasteiger partial charge in [0.25, 0.3) is 0 Å². The minimum atomic E-state index is -5.30. The quantitative estimate of drug-likeness (QED) is 0.659. The van der Waals surface area contributed by atoms with Crippen molar-refractivity contribution in [2.24, 2.45) is 0 Å². The molecular weight excluding hydrogens is 360 g/mol. The topological polar surface area (TPSA) is 77.1 Å². The van der Waals surface area contributed by atoms with Gasteiger partial charge in [-0.05, 0) is 25.1 Å². The fourth-order valence-electron chi connectivity index (χ4n) is 1.89. The molecule has 1 aromatic carbocycles. The molecule has 0 amide bonds. The highest BCUT2D eigenvalue weighted by atomic mass is 19.4. The maximum atomic E-state index is 13.0. The summed E-state index contributed by atoms with van der Waals surface area (Å²) in [5, 5.41) is 9.09. The third-order valence-corrected chi connectivity index (χ3v) is 2.80. The van der Waals surface area contributed by atoms with Crippen molar-refractivity contribution in [3.63, 3.8) is 0 Å². The molecule has 0 unspecified atom stereocenters. The summed E-state index contributed by atoms with van der Waals surface area (Å²) in [6.07, 6.45) is -10.4. The number of esters is 1. The molecule has 12 heteroatoms. The summed E-state index contributed by atoms with van der Waals surface area (Å²) < 4.78 is 84.0. The standard InChI is InChI=1S/C13H9F6N3O3/c1-2-24-11(23)10-9(20-22-21-10)6-3-4-8(25-13(17,18)19)7(5-6)12(14,15)16/h3-5H,2H2,1H3,(H,20,21,22). The number of nitrogens with one attached hydrogen (secondary N) is 1. The van der Waals surface area contributed by atoms with Crippen LogP contribution in [0.3, 0.4) is 0 Å². The van der Waals surface area contributed by atoms with Crippen molar-refractivity contribution >= 4 is 5.97 Å². The number of hydrogen-bond donors (Lipinski definition) is 1. The highest BCUT2D eigenvalue weighted by Gasteiger charge is 2.40. The second-order valence-electron chi connectivity index (χ2n) is 4.50. The monoisotopic (exact) mass is 369 g/mol. The Labute approximate surface area is 135 Å². The summed E-state index contributed by atoms with van der Waals surface area (Å²) in [6.45, 7) is 1.49. The largest absolute Gasteiger partial charge is 0.573 e. The van der Waals surface area contributed by atoms with E-state index in [0.717, 1.165) is 6.07 Å². The van der Waals surface area contributed by atoms with Crippen LogP contribution in [0.4, 0.5) is 26.3 Å². The Kier molecular flexibility index (Phi) is 4.90. The molecule has 0 atom stereocenters. The van der Waals surface area contributed by atoms with E-state index in [9.17, 15) is 31.1 Å². The van der Waals surface area contributed by atoms with Gasteiger partial charge in [0.1, 0.15) is 11.4 Å². The van der Waals surface area contributed by atoms with Crippen LogP contribution in [-0.4, -0.2) is 34.3 Å². The molecule has 0 radical (unpaired) electrons. The van der Waals surface area contributed by atoms with Gasteiger partial charge in [0, 0.05) is 5.56 Å². The second kappa shape index (κ2) is 6.61. The summed E-state index contributed by atoms with van der Waals surface area (Å²) in [6, 6.07) is 1.74. The van der Waals surface area contributed by atoms with Crippen molar-refractivity contribution in [2.45, 2.75) is 19.5 Å². The molecule has 0 saturated carbocycles. The van der Waals surface area contributed by atoms with E-state index in [2.05, 4.69) is 24.9 Å². The van der Waals surface area contributed by atoms with Crippen molar-refractivity contribution in [2.75, 3.05) is 6.61 Å². The molecule has 2 rings (SSSR count). The van der Waals surface area contributed by atoms with Crippen LogP contribution in [0.25, 0.3) is 11.3 Å². The molecule has 6 nitrogen and oxygen atoms in total. The first-order valence-corrected chi connectivity index (χ1v) is 6.58. The minimum Gasteiger partial charge on any atom is -0.461 e. The van der Waals surface area contributed by atoms with E-state index in [1.165, 1.54) is 6.92 Å². The average molecular weight is 369 g/mol. The van der Waals surface area contributed by atoms with Gasteiger partial charge >= 0.3 is 18.5 Å². The van der Waals surface area contributed by atoms with E-state index in [4.69, 9.17) is 0 Å². The molecule has 0 aliphatic carbocycles. The molecule has 1 aromatic heterocycles. The fourth-order valence-corrected chi connectivity index (χ4v) is 1.89. The number of benzene rings is 1. The summed E-state index contributed by atoms with van der Waals surface area (Å²) >= 11 is 0. The van der Waals surface area contributed by atoms with E-state index >= 15 is 0 Å². The van der Waals surface area contributed by atoms with E-state index in [-0.39, 0.29) is 17.9 Å². The van der Waals surface area contributed by atoms with E-state index < -0.39 is 35.5 Å². The third-order valence-electron chi connectivity index (χ3n) is 2.80. The van der Waals surface area contributed by atoms with Crippen LogP contribution in [0.15, 0.2) is 18.2 Å². The number of aromatic amines is 1. The molecule has 0 spiro atoms. The molecule has 1 N–H and O–H groups in total. The highest BCUT2D eigenvalue weighted by molar-refractivity contribution is 5.94. The Bertz CT molecular complexity index is 769. The summed E-state index contributed by atoms with van der Waals surface area (Å²) in [5.74, 6) is -2.37. The summed E-state index contributed by atoms with van der Waals surface area (Å²) in [4.78, 5) is 11.7. The van der Waals surface area contributed by atoms with Gasteiger partial charge in [0.15, 0.2) is 5.69 Å². The molecule has 0 fully saturated rings. The van der Waals surface area contributed by atoms with Gasteiger partial charge in [-0.1, -0.05) is 0 Å². The van der Waals surface area contributed by atoms with Gasteiger partial charge in [-0.2, -0.15) is 23.5 Å². The average Bonchev–Trinajstić information content (AvgIpc) is 2.94. The lowest BCUT2D eigenvalue weighted by Crippen LogP contribution is -2.20. The third kappa shape index (κ3) is 4.39. The molecule has 1 heterocycles. The molecule has 2 aromatic rings. The van der Waals surface area contributed by atoms with Gasteiger partial charge in [0.2, 0.25) is 0 Å². The van der Waals surface area contributed by atoms with E-state index in [1.54, 1.807) is 0 Å². The van der Waals surface area contributed by atoms with Gasteiger partial charge in [-0.25, -0.2) is 4.79 Å². The summed E-state index contributed by atoms with van der Waals surface area (Å²) in [7, 11) is 0. The first-order valence-electron chi connectivity index (χ1n) is 6.58. The predicted molar refractivity (Wildman–Crippen MR) is 69.5 cm³/mol. The minimum absolute atomic E-state index is 0.0166. The summed E-state index contributed by atoms with van der Waals surface area (Å²) in [5.41, 5.74) is -2.68. The number of alkyl halides is 6. The van der Waals surface area contributed by atoms with Crippen LogP contribution in [0.2, 0.25) is 0 Å². The van der Waals surface area contributed by atoms with Crippen molar-refractivity contribution in [1.29, 1.82) is 0 Å². The molecular formula is C13H9F6N3O3. The normalized spacial score (nSPS) is 12.1. The second-order valence-corrected chi connectivity index (χ2v) is 4.50. The lowest BCUT2D eigenvalue weighted by molar-refractivity contribution is -0.276. The number of ether oxygens (including phenoxy) is 2. The first kappa shape index (κ1) is 18.5. The van der Waals surface area contributed by atoms with Crippen molar-refractivity contribution in [3.05, 3.63) is 29.5 Å². The number of carbonyl (C=O) groups excluding carboxylic acids is 1. The zero-order chi connectivity index (χ0) is 18.8. The molecule has 25 heavy (non-hydrogen) atoms. The van der Waals surface area contributed by atoms with Crippen LogP contribution < -0.4 is 4.74 Å². The van der Waals surface area contributed by atoms with E-state index in [1.807, 2.05) is 0 Å². The lowest BCUT2D eigenvalue weighted by atomic mass is 10.1. The number of rotatable bonds is 4. The smallest absolute Gasteiger partial charge is 0.461 e. The fraction of sp³-hybridized carbons (Fsp3) is 0.308. The maximum absolute atomic E-state index is 13.0. The zero-order valence-corrected chi connectivity index (χ0v) is 12.3. The molecule has 0 aliphatic rings. The van der Waals surface area contributed by atoms with Crippen molar-refractivity contribution in [3.8, 4) is 17.0 Å². The lowest BCUT2D eigenvalue weighted by Gasteiger charge is -2.16. The Morgan fingerprint density at radius 2 is 1.84 bits per heavy atom. The molecule has 136 valence electrons. The number of hydrogen-bond acceptors (Lipinski definition) is 5. The Morgan fingerprint density at radius 3 is 2.40 bits per heavy atom. The number of carbonyl (C=O) groups is 1. The molecule has 0 aliphatic heterocycles. The predicted octanol–water partition coefficient (Wildman–Crippen LogP) is 3.57. The number of H-pyrrole nitrogens is 1. The number of aromatic nitrogens is 3. The van der Waals surface area contributed by atoms with Crippen LogP contribution in [-0.2, 0) is 10.9 Å². The number of halogens is 6. The van der Waals surface area contributed by atoms with Gasteiger partial charge in [-0.15, -0.1) is 18.3 Å². The van der Waals surface area contributed by atoms with Gasteiger partial charge < -0.3 is 9.47 Å². The van der Waals surface area contributed by atoms with Gasteiger partial charge in [-0.3, -0.25) is 0 Å². The SMILES string of the molecule is CCOC(=O)c1n[nH]nc1-c1ccc(OC(F)(F)F)c(C(F)(F)F)c1. The van der Waals surface area contributed by atoms with Crippen molar-refractivity contribution < 1.29 is 40.6 Å². The van der Waals surface area contributed by atoms with Gasteiger partial charge in [0.05, 0.1) is 12.2 Å². The highest BCUT2D eigenvalue weighted by Crippen LogP contribution is 2.40. The Balaban J connectivity index is 2.52. The zero-order valence-electron chi connectivity index (χ0n) is 12.3. The van der Waals surface area contributed by atoms with Crippen LogP contribution in [0.5, 0.6) is 5.75 Å². The molecule has 0 bridgehead atoms. The van der Waals surface area contributed by atoms with Crippen molar-refractivity contribution in [1.82, 2.24) is 15.4 Å². The van der Waals surface area contributed by atoms with Crippen LogP contribution in [0, 0.1) is 0 Å². The number of nitrogens with zero attached hydrogens (tertiary/aromatic N) is 2. The molecule has 0 saturated heterocycles. The first-order chi connectivity index (χ1) is 11.5. The van der Waals surface area contributed by atoms with Crippen LogP contribution >= 0.6 is 0 Å².